The number of aliphatic hydroxyl groups excluding tert-OH is 1. The smallest absolute Gasteiger partial charge is 0.0724 e. The lowest BCUT2D eigenvalue weighted by Gasteiger charge is -2.41. The molecule has 1 N–H and O–H groups in total. The summed E-state index contributed by atoms with van der Waals surface area (Å²) in [5.74, 6) is 0.542. The molecule has 0 spiro atoms. The first-order valence-corrected chi connectivity index (χ1v) is 6.36. The molecule has 2 nitrogen and oxygen atoms in total. The van der Waals surface area contributed by atoms with E-state index in [4.69, 9.17) is 0 Å². The standard InChI is InChI=1S/C15H23NO/c1-15(2,16(3)4)14(17)10-12-9-11-7-5-6-8-13(11)12/h5-8,12,14,17H,9-10H2,1-4H3. The molecule has 0 bridgehead atoms. The van der Waals surface area contributed by atoms with Crippen molar-refractivity contribution in [2.75, 3.05) is 14.1 Å². The molecule has 1 aliphatic carbocycles. The van der Waals surface area contributed by atoms with Gasteiger partial charge in [0.05, 0.1) is 6.10 Å². The Bertz CT molecular complexity index is 398. The predicted molar refractivity (Wildman–Crippen MR) is 71.3 cm³/mol. The van der Waals surface area contributed by atoms with Gasteiger partial charge in [-0.2, -0.15) is 0 Å². The second-order valence-corrected chi connectivity index (χ2v) is 5.90. The Morgan fingerprint density at radius 1 is 1.35 bits per heavy atom. The molecule has 2 rings (SSSR count). The number of fused-ring (bicyclic) bond motifs is 1. The Kier molecular flexibility index (Phi) is 3.28. The van der Waals surface area contributed by atoms with Gasteiger partial charge in [0.1, 0.15) is 0 Å². The van der Waals surface area contributed by atoms with Gasteiger partial charge in [-0.15, -0.1) is 0 Å². The van der Waals surface area contributed by atoms with Crippen LogP contribution in [-0.4, -0.2) is 35.7 Å². The van der Waals surface area contributed by atoms with E-state index in [1.54, 1.807) is 0 Å². The number of likely N-dealkylation sites (N-methyl/N-ethyl adjacent to an activating group) is 1. The van der Waals surface area contributed by atoms with E-state index in [2.05, 4.69) is 43.0 Å². The minimum Gasteiger partial charge on any atom is -0.391 e. The molecule has 0 aliphatic heterocycles. The van der Waals surface area contributed by atoms with Crippen LogP contribution in [0.1, 0.15) is 37.3 Å². The fourth-order valence-electron chi connectivity index (χ4n) is 2.43. The lowest BCUT2D eigenvalue weighted by Crippen LogP contribution is -2.49. The zero-order valence-electron chi connectivity index (χ0n) is 11.3. The van der Waals surface area contributed by atoms with Gasteiger partial charge in [0, 0.05) is 5.54 Å². The highest BCUT2D eigenvalue weighted by Gasteiger charge is 2.35. The average Bonchev–Trinajstić information content (AvgIpc) is 2.25. The van der Waals surface area contributed by atoms with Gasteiger partial charge in [0.15, 0.2) is 0 Å². The van der Waals surface area contributed by atoms with Gasteiger partial charge in [-0.1, -0.05) is 24.3 Å². The van der Waals surface area contributed by atoms with Crippen molar-refractivity contribution < 1.29 is 5.11 Å². The van der Waals surface area contributed by atoms with Gasteiger partial charge in [-0.25, -0.2) is 0 Å². The lowest BCUT2D eigenvalue weighted by atomic mass is 9.73. The minimum atomic E-state index is -0.282. The Morgan fingerprint density at radius 2 is 2.00 bits per heavy atom. The van der Waals surface area contributed by atoms with Crippen molar-refractivity contribution in [2.45, 2.75) is 44.2 Å². The second-order valence-electron chi connectivity index (χ2n) is 5.90. The highest BCUT2D eigenvalue weighted by Crippen LogP contribution is 2.39. The fourth-order valence-corrected chi connectivity index (χ4v) is 2.43. The average molecular weight is 233 g/mol. The Hall–Kier alpha value is -0.860. The third-order valence-electron chi connectivity index (χ3n) is 4.44. The summed E-state index contributed by atoms with van der Waals surface area (Å²) in [6.45, 7) is 4.20. The van der Waals surface area contributed by atoms with Gasteiger partial charge < -0.3 is 10.0 Å². The van der Waals surface area contributed by atoms with Crippen molar-refractivity contribution in [3.05, 3.63) is 35.4 Å². The lowest BCUT2D eigenvalue weighted by molar-refractivity contribution is 0.00668. The van der Waals surface area contributed by atoms with E-state index >= 15 is 0 Å². The SMILES string of the molecule is CN(C)C(C)(C)C(O)CC1Cc2ccccc21. The molecule has 17 heavy (non-hydrogen) atoms. The van der Waals surface area contributed by atoms with Crippen LogP contribution in [-0.2, 0) is 6.42 Å². The summed E-state index contributed by atoms with van der Waals surface area (Å²) >= 11 is 0. The maximum absolute atomic E-state index is 10.4. The molecule has 2 heteroatoms. The molecular weight excluding hydrogens is 210 g/mol. The maximum atomic E-state index is 10.4. The third-order valence-corrected chi connectivity index (χ3v) is 4.44. The number of hydrogen-bond acceptors (Lipinski definition) is 2. The molecule has 1 aliphatic rings. The van der Waals surface area contributed by atoms with Crippen LogP contribution in [0.15, 0.2) is 24.3 Å². The van der Waals surface area contributed by atoms with E-state index < -0.39 is 0 Å². The number of aliphatic hydroxyl groups is 1. The molecule has 1 aromatic carbocycles. The van der Waals surface area contributed by atoms with Crippen molar-refractivity contribution in [1.82, 2.24) is 4.90 Å². The molecule has 0 saturated carbocycles. The van der Waals surface area contributed by atoms with Crippen LogP contribution in [0.2, 0.25) is 0 Å². The maximum Gasteiger partial charge on any atom is 0.0724 e. The zero-order chi connectivity index (χ0) is 12.6. The second kappa shape index (κ2) is 4.43. The largest absolute Gasteiger partial charge is 0.391 e. The summed E-state index contributed by atoms with van der Waals surface area (Å²) in [6.07, 6.45) is 1.70. The zero-order valence-corrected chi connectivity index (χ0v) is 11.3. The summed E-state index contributed by atoms with van der Waals surface area (Å²) < 4.78 is 0. The first kappa shape index (κ1) is 12.6. The topological polar surface area (TPSA) is 23.5 Å². The van der Waals surface area contributed by atoms with Crippen LogP contribution in [0.3, 0.4) is 0 Å². The molecule has 0 fully saturated rings. The van der Waals surface area contributed by atoms with E-state index in [1.807, 2.05) is 14.1 Å². The monoisotopic (exact) mass is 233 g/mol. The highest BCUT2D eigenvalue weighted by molar-refractivity contribution is 5.39. The van der Waals surface area contributed by atoms with Crippen molar-refractivity contribution in [2.24, 2.45) is 0 Å². The normalized spacial score (nSPS) is 20.9. The summed E-state index contributed by atoms with van der Waals surface area (Å²) in [6, 6.07) is 8.57. The van der Waals surface area contributed by atoms with Crippen LogP contribution in [0.4, 0.5) is 0 Å². The van der Waals surface area contributed by atoms with Gasteiger partial charge in [-0.05, 0) is 57.8 Å². The van der Waals surface area contributed by atoms with E-state index in [1.165, 1.54) is 11.1 Å². The summed E-state index contributed by atoms with van der Waals surface area (Å²) in [5.41, 5.74) is 2.72. The van der Waals surface area contributed by atoms with E-state index in [-0.39, 0.29) is 11.6 Å². The molecule has 0 aromatic heterocycles. The van der Waals surface area contributed by atoms with Crippen LogP contribution in [0, 0.1) is 0 Å². The van der Waals surface area contributed by atoms with Gasteiger partial charge >= 0.3 is 0 Å². The first-order chi connectivity index (χ1) is 7.93. The number of nitrogens with zero attached hydrogens (tertiary/aromatic N) is 1. The van der Waals surface area contributed by atoms with Crippen molar-refractivity contribution in [1.29, 1.82) is 0 Å². The Labute approximate surface area is 104 Å². The molecule has 2 unspecified atom stereocenters. The Morgan fingerprint density at radius 3 is 2.59 bits per heavy atom. The van der Waals surface area contributed by atoms with Crippen LogP contribution < -0.4 is 0 Å². The molecule has 2 atom stereocenters. The van der Waals surface area contributed by atoms with Gasteiger partial charge in [-0.3, -0.25) is 0 Å². The fraction of sp³-hybridized carbons (Fsp3) is 0.600. The van der Waals surface area contributed by atoms with E-state index in [0.717, 1.165) is 12.8 Å². The Balaban J connectivity index is 2.01. The van der Waals surface area contributed by atoms with Crippen LogP contribution in [0.5, 0.6) is 0 Å². The highest BCUT2D eigenvalue weighted by atomic mass is 16.3. The summed E-state index contributed by atoms with van der Waals surface area (Å²) in [7, 11) is 4.05. The number of hydrogen-bond donors (Lipinski definition) is 1. The third kappa shape index (κ3) is 2.24. The van der Waals surface area contributed by atoms with Crippen molar-refractivity contribution in [3.8, 4) is 0 Å². The molecular formula is C15H23NO. The minimum absolute atomic E-state index is 0.162. The van der Waals surface area contributed by atoms with E-state index in [0.29, 0.717) is 5.92 Å². The quantitative estimate of drug-likeness (QED) is 0.863. The molecule has 0 saturated heterocycles. The number of benzene rings is 1. The van der Waals surface area contributed by atoms with Gasteiger partial charge in [0.2, 0.25) is 0 Å². The first-order valence-electron chi connectivity index (χ1n) is 6.36. The van der Waals surface area contributed by atoms with Crippen molar-refractivity contribution >= 4 is 0 Å². The summed E-state index contributed by atoms with van der Waals surface area (Å²) in [4.78, 5) is 2.10. The molecule has 0 amide bonds. The van der Waals surface area contributed by atoms with Crippen LogP contribution in [0.25, 0.3) is 0 Å². The predicted octanol–water partition coefficient (Wildman–Crippen LogP) is 2.42. The number of rotatable bonds is 4. The molecule has 0 heterocycles. The van der Waals surface area contributed by atoms with Gasteiger partial charge in [0.25, 0.3) is 0 Å². The molecule has 0 radical (unpaired) electrons. The van der Waals surface area contributed by atoms with Crippen LogP contribution >= 0.6 is 0 Å². The summed E-state index contributed by atoms with van der Waals surface area (Å²) in [5, 5.41) is 10.4. The van der Waals surface area contributed by atoms with E-state index in [9.17, 15) is 5.11 Å². The molecule has 1 aromatic rings. The van der Waals surface area contributed by atoms with Crippen molar-refractivity contribution in [3.63, 3.8) is 0 Å². The molecule has 94 valence electrons.